The predicted octanol–water partition coefficient (Wildman–Crippen LogP) is 3.66. The summed E-state index contributed by atoms with van der Waals surface area (Å²) in [5.41, 5.74) is 1.11. The van der Waals surface area contributed by atoms with Crippen LogP contribution in [0, 0.1) is 18.3 Å². The number of thioether (sulfide) groups is 1. The number of rotatable bonds is 6. The van der Waals surface area contributed by atoms with E-state index in [0.29, 0.717) is 41.0 Å². The summed E-state index contributed by atoms with van der Waals surface area (Å²) in [7, 11) is 0. The molecular weight excluding hydrogens is 444 g/mol. The monoisotopic (exact) mass is 474 g/mol. The van der Waals surface area contributed by atoms with Crippen LogP contribution in [-0.4, -0.2) is 51.5 Å². The number of aromatic nitrogens is 1. The summed E-state index contributed by atoms with van der Waals surface area (Å²) in [6, 6.07) is 2.07. The van der Waals surface area contributed by atoms with E-state index in [9.17, 15) is 14.9 Å². The van der Waals surface area contributed by atoms with Crippen LogP contribution in [0.5, 0.6) is 0 Å². The van der Waals surface area contributed by atoms with E-state index in [2.05, 4.69) is 17.9 Å². The molecule has 0 aliphatic carbocycles. The highest BCUT2D eigenvalue weighted by Gasteiger charge is 2.33. The third-order valence-corrected chi connectivity index (χ3v) is 7.14. The molecule has 3 rings (SSSR count). The first-order valence-electron chi connectivity index (χ1n) is 11.1. The Hall–Kier alpha value is -2.15. The van der Waals surface area contributed by atoms with Gasteiger partial charge < -0.3 is 9.64 Å². The Balaban J connectivity index is 2.20. The first-order chi connectivity index (χ1) is 15.2. The van der Waals surface area contributed by atoms with Gasteiger partial charge in [-0.1, -0.05) is 37.3 Å². The van der Waals surface area contributed by atoms with Gasteiger partial charge in [0.25, 0.3) is 11.5 Å². The van der Waals surface area contributed by atoms with Crippen LogP contribution in [0.3, 0.4) is 0 Å². The van der Waals surface area contributed by atoms with E-state index >= 15 is 0 Å². The minimum absolute atomic E-state index is 0.00443. The fourth-order valence-electron chi connectivity index (χ4n) is 4.27. The zero-order valence-corrected chi connectivity index (χ0v) is 20.9. The predicted molar refractivity (Wildman–Crippen MR) is 133 cm³/mol. The number of ether oxygens (including phenoxy) is 1. The maximum absolute atomic E-state index is 13.1. The van der Waals surface area contributed by atoms with Gasteiger partial charge in [-0.2, -0.15) is 5.26 Å². The van der Waals surface area contributed by atoms with Crippen LogP contribution >= 0.6 is 24.0 Å². The van der Waals surface area contributed by atoms with Crippen LogP contribution in [0.4, 0.5) is 5.82 Å². The third kappa shape index (κ3) is 4.63. The molecule has 7 nitrogen and oxygen atoms in total. The fraction of sp³-hybridized carbons (Fsp3) is 0.565. The number of thiocarbonyl (C=S) groups is 1. The molecule has 0 N–H and O–H groups in total. The molecule has 2 fully saturated rings. The van der Waals surface area contributed by atoms with Crippen molar-refractivity contribution in [1.29, 1.82) is 5.26 Å². The Bertz CT molecular complexity index is 1050. The van der Waals surface area contributed by atoms with Gasteiger partial charge in [0.1, 0.15) is 21.8 Å². The van der Waals surface area contributed by atoms with Crippen molar-refractivity contribution in [1.82, 2.24) is 9.47 Å². The molecule has 2 aliphatic heterocycles. The van der Waals surface area contributed by atoms with Gasteiger partial charge in [-0.25, -0.2) is 0 Å². The van der Waals surface area contributed by atoms with Gasteiger partial charge in [0.05, 0.1) is 17.1 Å². The first kappa shape index (κ1) is 24.5. The van der Waals surface area contributed by atoms with Crippen molar-refractivity contribution in [3.63, 3.8) is 0 Å². The molecule has 172 valence electrons. The van der Waals surface area contributed by atoms with Crippen LogP contribution < -0.4 is 10.5 Å². The lowest BCUT2D eigenvalue weighted by Crippen LogP contribution is -2.48. The summed E-state index contributed by atoms with van der Waals surface area (Å²) in [5.74, 6) is 0.616. The van der Waals surface area contributed by atoms with E-state index in [1.165, 1.54) is 11.8 Å². The van der Waals surface area contributed by atoms with Gasteiger partial charge in [0.2, 0.25) is 0 Å². The third-order valence-electron chi connectivity index (χ3n) is 5.77. The van der Waals surface area contributed by atoms with Gasteiger partial charge in [0, 0.05) is 31.7 Å². The summed E-state index contributed by atoms with van der Waals surface area (Å²) >= 11 is 6.74. The minimum Gasteiger partial charge on any atom is -0.372 e. The lowest BCUT2D eigenvalue weighted by Gasteiger charge is -2.39. The Labute approximate surface area is 199 Å². The van der Waals surface area contributed by atoms with E-state index < -0.39 is 0 Å². The molecule has 32 heavy (non-hydrogen) atoms. The quantitative estimate of drug-likeness (QED) is 0.460. The molecule has 9 heteroatoms. The Kier molecular flexibility index (Phi) is 7.80. The van der Waals surface area contributed by atoms with Crippen molar-refractivity contribution in [3.05, 3.63) is 31.9 Å². The molecule has 1 aromatic heterocycles. The average molecular weight is 475 g/mol. The van der Waals surface area contributed by atoms with Crippen molar-refractivity contribution < 1.29 is 9.53 Å². The van der Waals surface area contributed by atoms with E-state index in [1.807, 2.05) is 26.8 Å². The number of nitrogens with zero attached hydrogens (tertiary/aromatic N) is 4. The lowest BCUT2D eigenvalue weighted by atomic mass is 10.0. The smallest absolute Gasteiger partial charge is 0.270 e. The molecule has 2 aliphatic rings. The Morgan fingerprint density at radius 1 is 1.25 bits per heavy atom. The molecule has 1 amide bonds. The van der Waals surface area contributed by atoms with Crippen molar-refractivity contribution in [3.8, 4) is 6.07 Å². The highest BCUT2D eigenvalue weighted by Crippen LogP contribution is 2.36. The van der Waals surface area contributed by atoms with E-state index in [4.69, 9.17) is 17.0 Å². The van der Waals surface area contributed by atoms with Gasteiger partial charge in [0.15, 0.2) is 0 Å². The molecule has 3 heterocycles. The number of hydrogen-bond acceptors (Lipinski definition) is 7. The number of amides is 1. The number of pyridine rings is 1. The number of unbranched alkanes of at least 4 members (excludes halogenated alkanes) is 1. The molecule has 0 saturated carbocycles. The average Bonchev–Trinajstić information content (AvgIpc) is 3.00. The molecule has 0 radical (unpaired) electrons. The summed E-state index contributed by atoms with van der Waals surface area (Å²) in [5, 5.41) is 9.70. The highest BCUT2D eigenvalue weighted by atomic mass is 32.2. The van der Waals surface area contributed by atoms with Crippen LogP contribution in [0.15, 0.2) is 9.70 Å². The van der Waals surface area contributed by atoms with E-state index in [-0.39, 0.29) is 29.2 Å². The van der Waals surface area contributed by atoms with Gasteiger partial charge in [-0.05, 0) is 45.8 Å². The van der Waals surface area contributed by atoms with Crippen molar-refractivity contribution >= 4 is 46.1 Å². The topological polar surface area (TPSA) is 78.6 Å². The Morgan fingerprint density at radius 2 is 1.91 bits per heavy atom. The fourth-order valence-corrected chi connectivity index (χ4v) is 5.56. The second kappa shape index (κ2) is 10.2. The zero-order valence-electron chi connectivity index (χ0n) is 19.3. The van der Waals surface area contributed by atoms with Gasteiger partial charge in [-0.3, -0.25) is 19.1 Å². The normalized spacial score (nSPS) is 22.7. The molecule has 2 unspecified atom stereocenters. The molecular formula is C23H30N4O3S2. The Morgan fingerprint density at radius 3 is 2.47 bits per heavy atom. The summed E-state index contributed by atoms with van der Waals surface area (Å²) in [6.45, 7) is 12.0. The zero-order chi connectivity index (χ0) is 23.6. The molecule has 0 aromatic carbocycles. The number of anilines is 1. The number of hydrogen-bond donors (Lipinski definition) is 0. The number of carbonyl (C=O) groups excluding carboxylic acids is 1. The number of nitriles is 1. The minimum atomic E-state index is -0.304. The highest BCUT2D eigenvalue weighted by molar-refractivity contribution is 8.26. The summed E-state index contributed by atoms with van der Waals surface area (Å²) in [6.07, 6.45) is 3.66. The van der Waals surface area contributed by atoms with Gasteiger partial charge >= 0.3 is 0 Å². The first-order valence-corrected chi connectivity index (χ1v) is 12.3. The summed E-state index contributed by atoms with van der Waals surface area (Å²) < 4.78 is 8.08. The van der Waals surface area contributed by atoms with Crippen LogP contribution in [0.1, 0.15) is 57.2 Å². The van der Waals surface area contributed by atoms with Crippen molar-refractivity contribution in [2.45, 2.75) is 66.2 Å². The maximum Gasteiger partial charge on any atom is 0.270 e. The number of carbonyl (C=O) groups is 1. The lowest BCUT2D eigenvalue weighted by molar-refractivity contribution is -0.122. The molecule has 2 saturated heterocycles. The molecule has 0 spiro atoms. The molecule has 0 bridgehead atoms. The van der Waals surface area contributed by atoms with Crippen LogP contribution in [-0.2, 0) is 16.1 Å². The van der Waals surface area contributed by atoms with Crippen LogP contribution in [0.2, 0.25) is 0 Å². The van der Waals surface area contributed by atoms with Crippen LogP contribution in [0.25, 0.3) is 6.08 Å². The number of morpholine rings is 1. The maximum atomic E-state index is 13.1. The molecule has 1 aromatic rings. The second-order valence-electron chi connectivity index (χ2n) is 8.25. The summed E-state index contributed by atoms with van der Waals surface area (Å²) in [4.78, 5) is 30.5. The van der Waals surface area contributed by atoms with Crippen molar-refractivity contribution in [2.75, 3.05) is 24.5 Å². The molecule has 2 atom stereocenters. The van der Waals surface area contributed by atoms with Gasteiger partial charge in [-0.15, -0.1) is 0 Å². The largest absolute Gasteiger partial charge is 0.372 e. The van der Waals surface area contributed by atoms with Crippen molar-refractivity contribution in [2.24, 2.45) is 0 Å². The van der Waals surface area contributed by atoms with E-state index in [0.717, 1.165) is 24.2 Å². The standard InChI is InChI=1S/C23H30N4O3S2/c1-6-8-9-27-22(29)19(32-23(27)31)10-17-16(5)18(11-24)21(28)26(7-2)20(17)25-12-14(3)30-15(4)13-25/h10,14-15H,6-9,12-13H2,1-5H3/b19-10-. The van der Waals surface area contributed by atoms with E-state index in [1.54, 1.807) is 16.4 Å². The SMILES string of the molecule is CCCCN1C(=O)/C(=C/c2c(C)c(C#N)c(=O)n(CC)c2N2CC(C)OC(C)C2)SC1=S. The second-order valence-corrected chi connectivity index (χ2v) is 9.92.